The summed E-state index contributed by atoms with van der Waals surface area (Å²) in [5, 5.41) is 7.66. The first-order valence-corrected chi connectivity index (χ1v) is 9.50. The van der Waals surface area contributed by atoms with E-state index in [1.54, 1.807) is 6.21 Å². The molecule has 1 N–H and O–H groups in total. The van der Waals surface area contributed by atoms with Gasteiger partial charge in [0.05, 0.1) is 12.3 Å². The van der Waals surface area contributed by atoms with Crippen LogP contribution in [-0.2, 0) is 4.84 Å². The van der Waals surface area contributed by atoms with Gasteiger partial charge in [0.2, 0.25) is 0 Å². The van der Waals surface area contributed by atoms with Crippen LogP contribution < -0.4 is 5.32 Å². The average Bonchev–Trinajstić information content (AvgIpc) is 2.64. The normalized spacial score (nSPS) is 21.1. The maximum atomic E-state index is 5.66. The van der Waals surface area contributed by atoms with Crippen molar-refractivity contribution < 1.29 is 4.84 Å². The summed E-state index contributed by atoms with van der Waals surface area (Å²) in [6.07, 6.45) is 14.3. The fraction of sp³-hybridized carbons (Fsp3) is 0.600. The molecule has 24 heavy (non-hydrogen) atoms. The molecule has 2 aliphatic rings. The van der Waals surface area contributed by atoms with E-state index < -0.39 is 0 Å². The number of hydrogen-bond donors (Lipinski definition) is 1. The zero-order valence-electron chi connectivity index (χ0n) is 14.5. The van der Waals surface area contributed by atoms with Crippen molar-refractivity contribution in [2.24, 2.45) is 10.1 Å². The minimum absolute atomic E-state index is 0.386. The second-order valence-electron chi connectivity index (χ2n) is 6.94. The molecule has 0 bridgehead atoms. The van der Waals surface area contributed by atoms with Crippen LogP contribution >= 0.6 is 0 Å². The molecule has 0 heterocycles. The molecule has 4 heteroatoms. The lowest BCUT2D eigenvalue weighted by Crippen LogP contribution is -2.38. The molecule has 2 aliphatic carbocycles. The number of nitrogens with one attached hydrogen (secondary N) is 1. The maximum Gasteiger partial charge on any atom is 0.315 e. The molecule has 2 fully saturated rings. The number of amidine groups is 1. The highest BCUT2D eigenvalue weighted by Crippen LogP contribution is 2.21. The number of benzene rings is 1. The summed E-state index contributed by atoms with van der Waals surface area (Å²) in [7, 11) is 0. The number of hydrogen-bond acceptors (Lipinski definition) is 3. The Balaban J connectivity index is 1.61. The predicted molar refractivity (Wildman–Crippen MR) is 99.4 cm³/mol. The van der Waals surface area contributed by atoms with Gasteiger partial charge in [-0.2, -0.15) is 0 Å². The Morgan fingerprint density at radius 3 is 2.29 bits per heavy atom. The van der Waals surface area contributed by atoms with Crippen LogP contribution in [0, 0.1) is 0 Å². The molecule has 0 atom stereocenters. The highest BCUT2D eigenvalue weighted by Gasteiger charge is 2.18. The summed E-state index contributed by atoms with van der Waals surface area (Å²) in [6, 6.07) is 11.5. The zero-order chi connectivity index (χ0) is 16.5. The molecule has 3 rings (SSSR count). The van der Waals surface area contributed by atoms with Crippen molar-refractivity contribution in [3.05, 3.63) is 35.9 Å². The third-order valence-electron chi connectivity index (χ3n) is 4.95. The van der Waals surface area contributed by atoms with E-state index in [0.29, 0.717) is 18.1 Å². The minimum Gasteiger partial charge on any atom is -0.335 e. The number of aliphatic imine (C=N–C) groups is 1. The predicted octanol–water partition coefficient (Wildman–Crippen LogP) is 4.65. The van der Waals surface area contributed by atoms with E-state index in [4.69, 9.17) is 9.83 Å². The zero-order valence-corrected chi connectivity index (χ0v) is 14.5. The monoisotopic (exact) mass is 327 g/mol. The van der Waals surface area contributed by atoms with Crippen molar-refractivity contribution in [2.45, 2.75) is 76.3 Å². The van der Waals surface area contributed by atoms with E-state index in [-0.39, 0.29) is 0 Å². The second-order valence-corrected chi connectivity index (χ2v) is 6.94. The van der Waals surface area contributed by atoms with E-state index >= 15 is 0 Å². The Hall–Kier alpha value is -1.84. The largest absolute Gasteiger partial charge is 0.335 e. The Labute approximate surface area is 145 Å². The number of oxime groups is 1. The summed E-state index contributed by atoms with van der Waals surface area (Å²) in [4.78, 5) is 10.5. The van der Waals surface area contributed by atoms with Gasteiger partial charge in [-0.05, 0) is 31.2 Å². The van der Waals surface area contributed by atoms with Crippen LogP contribution in [0.2, 0.25) is 0 Å². The molecule has 1 aromatic rings. The smallest absolute Gasteiger partial charge is 0.315 e. The quantitative estimate of drug-likeness (QED) is 0.497. The van der Waals surface area contributed by atoms with Gasteiger partial charge in [-0.15, -0.1) is 0 Å². The second kappa shape index (κ2) is 9.45. The molecule has 0 amide bonds. The third-order valence-corrected chi connectivity index (χ3v) is 4.95. The Morgan fingerprint density at radius 1 is 0.917 bits per heavy atom. The summed E-state index contributed by atoms with van der Waals surface area (Å²) >= 11 is 0. The fourth-order valence-electron chi connectivity index (χ4n) is 3.56. The van der Waals surface area contributed by atoms with E-state index in [2.05, 4.69) is 10.5 Å². The van der Waals surface area contributed by atoms with Gasteiger partial charge in [-0.25, -0.2) is 4.99 Å². The molecule has 0 radical (unpaired) electrons. The first-order chi connectivity index (χ1) is 11.9. The van der Waals surface area contributed by atoms with Crippen molar-refractivity contribution in [2.75, 3.05) is 0 Å². The Bertz CT molecular complexity index is 529. The van der Waals surface area contributed by atoms with E-state index in [0.717, 1.165) is 5.56 Å². The van der Waals surface area contributed by atoms with Crippen LogP contribution in [0.15, 0.2) is 40.5 Å². The summed E-state index contributed by atoms with van der Waals surface area (Å²) in [5.41, 5.74) is 1.03. The van der Waals surface area contributed by atoms with Crippen molar-refractivity contribution in [1.82, 2.24) is 5.32 Å². The first-order valence-electron chi connectivity index (χ1n) is 9.50. The van der Waals surface area contributed by atoms with Gasteiger partial charge in [0.1, 0.15) is 0 Å². The third kappa shape index (κ3) is 5.66. The lowest BCUT2D eigenvalue weighted by Gasteiger charge is -2.24. The van der Waals surface area contributed by atoms with E-state index in [9.17, 15) is 0 Å². The van der Waals surface area contributed by atoms with Crippen molar-refractivity contribution >= 4 is 12.2 Å². The SMILES string of the molecule is C(=NOC(=NC1CCCCC1)NC1CCCCC1)c1ccccc1. The van der Waals surface area contributed by atoms with Crippen LogP contribution in [0.3, 0.4) is 0 Å². The van der Waals surface area contributed by atoms with Gasteiger partial charge in [0.15, 0.2) is 0 Å². The van der Waals surface area contributed by atoms with Gasteiger partial charge in [0, 0.05) is 6.04 Å². The molecular weight excluding hydrogens is 298 g/mol. The van der Waals surface area contributed by atoms with E-state index in [1.165, 1.54) is 64.2 Å². The maximum absolute atomic E-state index is 5.66. The van der Waals surface area contributed by atoms with Crippen molar-refractivity contribution in [3.8, 4) is 0 Å². The average molecular weight is 327 g/mol. The first kappa shape index (κ1) is 17.0. The van der Waals surface area contributed by atoms with Gasteiger partial charge >= 0.3 is 6.02 Å². The highest BCUT2D eigenvalue weighted by atomic mass is 16.6. The molecule has 0 saturated heterocycles. The highest BCUT2D eigenvalue weighted by molar-refractivity contribution is 5.80. The fourth-order valence-corrected chi connectivity index (χ4v) is 3.56. The molecule has 0 spiro atoms. The van der Waals surface area contributed by atoms with Crippen LogP contribution in [0.1, 0.15) is 69.8 Å². The summed E-state index contributed by atoms with van der Waals surface area (Å²) < 4.78 is 0. The molecule has 130 valence electrons. The van der Waals surface area contributed by atoms with Crippen molar-refractivity contribution in [3.63, 3.8) is 0 Å². The van der Waals surface area contributed by atoms with Crippen LogP contribution in [-0.4, -0.2) is 24.3 Å². The van der Waals surface area contributed by atoms with Gasteiger partial charge in [0.25, 0.3) is 0 Å². The lowest BCUT2D eigenvalue weighted by molar-refractivity contribution is 0.286. The standard InChI is InChI=1S/C20H29N3O/c1-4-10-17(11-5-1)16-21-24-20(22-18-12-6-2-7-13-18)23-19-14-8-3-9-15-19/h1,4-5,10-11,16,18-19H,2-3,6-9,12-15H2,(H,22,23). The van der Waals surface area contributed by atoms with Crippen LogP contribution in [0.5, 0.6) is 0 Å². The number of nitrogens with zero attached hydrogens (tertiary/aromatic N) is 2. The molecule has 2 saturated carbocycles. The van der Waals surface area contributed by atoms with Crippen molar-refractivity contribution in [1.29, 1.82) is 0 Å². The molecule has 0 unspecified atom stereocenters. The minimum atomic E-state index is 0.386. The van der Waals surface area contributed by atoms with Crippen LogP contribution in [0.25, 0.3) is 0 Å². The molecular formula is C20H29N3O. The van der Waals surface area contributed by atoms with Gasteiger partial charge < -0.3 is 10.2 Å². The molecule has 0 aromatic heterocycles. The molecule has 4 nitrogen and oxygen atoms in total. The van der Waals surface area contributed by atoms with Gasteiger partial charge in [-0.3, -0.25) is 0 Å². The molecule has 1 aromatic carbocycles. The lowest BCUT2D eigenvalue weighted by atomic mass is 9.95. The topological polar surface area (TPSA) is 46.0 Å². The summed E-state index contributed by atoms with van der Waals surface area (Å²) in [5.74, 6) is 0. The number of rotatable bonds is 4. The molecule has 0 aliphatic heterocycles. The summed E-state index contributed by atoms with van der Waals surface area (Å²) in [6.45, 7) is 0. The van der Waals surface area contributed by atoms with Gasteiger partial charge in [-0.1, -0.05) is 74.0 Å². The Morgan fingerprint density at radius 2 is 1.58 bits per heavy atom. The van der Waals surface area contributed by atoms with E-state index in [1.807, 2.05) is 30.3 Å². The van der Waals surface area contributed by atoms with Crippen LogP contribution in [0.4, 0.5) is 0 Å². The Kier molecular flexibility index (Phi) is 6.70.